The number of fused-ring (bicyclic) bond motifs is 2. The Bertz CT molecular complexity index is 1240. The minimum Gasteiger partial charge on any atom is -0.493 e. The van der Waals surface area contributed by atoms with Gasteiger partial charge in [0.25, 0.3) is 0 Å². The Balaban J connectivity index is 1.39. The number of piperidine rings is 1. The zero-order valence-electron chi connectivity index (χ0n) is 16.6. The first-order valence-electron chi connectivity index (χ1n) is 10.2. The van der Waals surface area contributed by atoms with E-state index in [-0.39, 0.29) is 0 Å². The van der Waals surface area contributed by atoms with Gasteiger partial charge in [0.2, 0.25) is 0 Å². The van der Waals surface area contributed by atoms with Crippen LogP contribution in [-0.2, 0) is 0 Å². The molecule has 0 radical (unpaired) electrons. The maximum Gasteiger partial charge on any atom is 0.196 e. The molecule has 1 N–H and O–H groups in total. The molecule has 1 spiro atoms. The number of methoxy groups -OCH3 is 1. The number of imidazole rings is 1. The number of hydrogen-bond acceptors (Lipinski definition) is 6. The predicted molar refractivity (Wildman–Crippen MR) is 115 cm³/mol. The van der Waals surface area contributed by atoms with Crippen LogP contribution >= 0.6 is 11.3 Å². The maximum atomic E-state index is 5.55. The van der Waals surface area contributed by atoms with E-state index in [9.17, 15) is 0 Å². The fraction of sp³-hybridized carbons (Fsp3) is 0.409. The average Bonchev–Trinajstić information content (AvgIpc) is 3.16. The average molecular weight is 406 g/mol. The summed E-state index contributed by atoms with van der Waals surface area (Å²) in [5.74, 6) is 1.38. The fourth-order valence-corrected chi connectivity index (χ4v) is 5.76. The lowest BCUT2D eigenvalue weighted by molar-refractivity contribution is 0.349. The van der Waals surface area contributed by atoms with Crippen molar-refractivity contribution in [1.29, 1.82) is 0 Å². The third kappa shape index (κ3) is 2.91. The summed E-state index contributed by atoms with van der Waals surface area (Å²) in [5.41, 5.74) is 5.03. The number of aryl methyl sites for hydroxylation is 1. The lowest BCUT2D eigenvalue weighted by Crippen LogP contribution is -2.39. The Labute approximate surface area is 172 Å². The summed E-state index contributed by atoms with van der Waals surface area (Å²) in [6.07, 6.45) is 8.99. The quantitative estimate of drug-likeness (QED) is 0.550. The van der Waals surface area contributed by atoms with E-state index in [4.69, 9.17) is 14.8 Å². The van der Waals surface area contributed by atoms with Crippen molar-refractivity contribution in [3.05, 3.63) is 41.2 Å². The van der Waals surface area contributed by atoms with Gasteiger partial charge >= 0.3 is 0 Å². The number of hydrogen-bond donors (Lipinski definition) is 1. The first-order chi connectivity index (χ1) is 14.1. The number of aromatic nitrogens is 4. The molecular weight excluding hydrogens is 382 g/mol. The van der Waals surface area contributed by atoms with E-state index in [0.29, 0.717) is 11.5 Å². The number of pyridine rings is 1. The molecule has 148 valence electrons. The van der Waals surface area contributed by atoms with Crippen LogP contribution in [0, 0.1) is 6.92 Å². The molecule has 1 saturated heterocycles. The highest BCUT2D eigenvalue weighted by molar-refractivity contribution is 7.19. The van der Waals surface area contributed by atoms with Crippen LogP contribution < -0.4 is 10.1 Å². The standard InChI is InChI=1S/C22H23N5OS/c1-13-12-27-21(25-13)18(28-2)8-16(26-27)15-7-20-17(23-11-15)9-19(29-20)14-3-6-24-22(10-14)4-5-22/h7-9,11-12,14,24H,3-6,10H2,1-2H3/t14-/m0/s1. The van der Waals surface area contributed by atoms with Gasteiger partial charge in [-0.2, -0.15) is 5.10 Å². The van der Waals surface area contributed by atoms with E-state index >= 15 is 0 Å². The maximum absolute atomic E-state index is 5.55. The molecule has 7 heteroatoms. The van der Waals surface area contributed by atoms with Crippen LogP contribution in [0.5, 0.6) is 5.75 Å². The minimum absolute atomic E-state index is 0.441. The van der Waals surface area contributed by atoms with Gasteiger partial charge in [0.05, 0.1) is 34.9 Å². The summed E-state index contributed by atoms with van der Waals surface area (Å²) < 4.78 is 8.57. The molecule has 2 fully saturated rings. The summed E-state index contributed by atoms with van der Waals surface area (Å²) in [7, 11) is 1.67. The van der Waals surface area contributed by atoms with Crippen molar-refractivity contribution in [2.75, 3.05) is 13.7 Å². The Hall–Kier alpha value is -2.51. The van der Waals surface area contributed by atoms with Gasteiger partial charge < -0.3 is 10.1 Å². The molecule has 4 aromatic rings. The molecule has 1 saturated carbocycles. The third-order valence-electron chi connectivity index (χ3n) is 6.30. The summed E-state index contributed by atoms with van der Waals surface area (Å²) >= 11 is 1.89. The van der Waals surface area contributed by atoms with Gasteiger partial charge in [-0.3, -0.25) is 4.98 Å². The predicted octanol–water partition coefficient (Wildman–Crippen LogP) is 4.32. The monoisotopic (exact) mass is 405 g/mol. The molecule has 6 rings (SSSR count). The van der Waals surface area contributed by atoms with Crippen LogP contribution in [-0.4, -0.2) is 38.8 Å². The third-order valence-corrected chi connectivity index (χ3v) is 7.54. The van der Waals surface area contributed by atoms with Crippen molar-refractivity contribution < 1.29 is 4.74 Å². The molecular formula is C22H23N5OS. The van der Waals surface area contributed by atoms with Gasteiger partial charge in [-0.25, -0.2) is 9.50 Å². The van der Waals surface area contributed by atoms with E-state index in [2.05, 4.69) is 22.4 Å². The van der Waals surface area contributed by atoms with Crippen LogP contribution in [0.4, 0.5) is 0 Å². The molecule has 29 heavy (non-hydrogen) atoms. The Morgan fingerprint density at radius 2 is 2.17 bits per heavy atom. The van der Waals surface area contributed by atoms with E-state index < -0.39 is 0 Å². The highest BCUT2D eigenvalue weighted by Crippen LogP contribution is 2.48. The minimum atomic E-state index is 0.441. The molecule has 0 aromatic carbocycles. The van der Waals surface area contributed by atoms with E-state index in [1.807, 2.05) is 36.7 Å². The highest BCUT2D eigenvalue weighted by atomic mass is 32.1. The van der Waals surface area contributed by atoms with E-state index in [1.165, 1.54) is 35.3 Å². The van der Waals surface area contributed by atoms with Gasteiger partial charge in [-0.15, -0.1) is 11.3 Å². The number of nitrogens with zero attached hydrogens (tertiary/aromatic N) is 4. The summed E-state index contributed by atoms with van der Waals surface area (Å²) in [6.45, 7) is 3.09. The zero-order chi connectivity index (χ0) is 19.6. The van der Waals surface area contributed by atoms with Crippen LogP contribution in [0.25, 0.3) is 27.1 Å². The van der Waals surface area contributed by atoms with Crippen LogP contribution in [0.3, 0.4) is 0 Å². The van der Waals surface area contributed by atoms with Crippen molar-refractivity contribution in [1.82, 2.24) is 24.9 Å². The van der Waals surface area contributed by atoms with Crippen molar-refractivity contribution in [2.45, 2.75) is 44.1 Å². The second-order valence-corrected chi connectivity index (χ2v) is 9.52. The number of thiophene rings is 1. The van der Waals surface area contributed by atoms with Crippen molar-refractivity contribution in [3.8, 4) is 17.0 Å². The first-order valence-corrected chi connectivity index (χ1v) is 11.0. The molecule has 1 aliphatic carbocycles. The molecule has 6 nitrogen and oxygen atoms in total. The lowest BCUT2D eigenvalue weighted by atomic mass is 9.89. The van der Waals surface area contributed by atoms with Crippen LogP contribution in [0.2, 0.25) is 0 Å². The van der Waals surface area contributed by atoms with Crippen molar-refractivity contribution in [2.24, 2.45) is 0 Å². The number of ether oxygens (including phenoxy) is 1. The first kappa shape index (κ1) is 17.4. The lowest BCUT2D eigenvalue weighted by Gasteiger charge is -2.29. The van der Waals surface area contributed by atoms with Crippen LogP contribution in [0.1, 0.15) is 42.2 Å². The van der Waals surface area contributed by atoms with Gasteiger partial charge in [0.15, 0.2) is 11.4 Å². The Morgan fingerprint density at radius 3 is 3.00 bits per heavy atom. The Kier molecular flexibility index (Phi) is 3.74. The van der Waals surface area contributed by atoms with Gasteiger partial charge in [0, 0.05) is 28.2 Å². The van der Waals surface area contributed by atoms with E-state index in [0.717, 1.165) is 40.4 Å². The molecule has 0 bridgehead atoms. The zero-order valence-corrected chi connectivity index (χ0v) is 17.4. The normalized spacial score (nSPS) is 20.6. The Morgan fingerprint density at radius 1 is 1.28 bits per heavy atom. The smallest absolute Gasteiger partial charge is 0.196 e. The van der Waals surface area contributed by atoms with Crippen molar-refractivity contribution in [3.63, 3.8) is 0 Å². The highest BCUT2D eigenvalue weighted by Gasteiger charge is 2.46. The van der Waals surface area contributed by atoms with Gasteiger partial charge in [-0.05, 0) is 57.2 Å². The largest absolute Gasteiger partial charge is 0.493 e. The molecule has 0 amide bonds. The number of rotatable bonds is 3. The summed E-state index contributed by atoms with van der Waals surface area (Å²) in [5, 5.41) is 8.46. The molecule has 0 unspecified atom stereocenters. The topological polar surface area (TPSA) is 64.3 Å². The van der Waals surface area contributed by atoms with Crippen LogP contribution in [0.15, 0.2) is 30.6 Å². The molecule has 5 heterocycles. The summed E-state index contributed by atoms with van der Waals surface area (Å²) in [6, 6.07) is 6.46. The van der Waals surface area contributed by atoms with Crippen molar-refractivity contribution >= 4 is 27.2 Å². The molecule has 1 aliphatic heterocycles. The van der Waals surface area contributed by atoms with Gasteiger partial charge in [-0.1, -0.05) is 0 Å². The second kappa shape index (κ2) is 6.24. The number of nitrogens with one attached hydrogen (secondary N) is 1. The molecule has 1 atom stereocenters. The molecule has 4 aromatic heterocycles. The summed E-state index contributed by atoms with van der Waals surface area (Å²) in [4.78, 5) is 10.7. The van der Waals surface area contributed by atoms with Gasteiger partial charge in [0.1, 0.15) is 0 Å². The SMILES string of the molecule is COc1cc(-c2cnc3cc([C@H]4CCNC5(CC5)C4)sc3c2)nn2cc(C)nc12. The fourth-order valence-electron chi connectivity index (χ4n) is 4.56. The second-order valence-electron chi connectivity index (χ2n) is 8.40. The van der Waals surface area contributed by atoms with E-state index in [1.54, 1.807) is 11.6 Å². The molecule has 2 aliphatic rings.